The van der Waals surface area contributed by atoms with Gasteiger partial charge in [0.15, 0.2) is 8.32 Å². The van der Waals surface area contributed by atoms with Gasteiger partial charge in [0, 0.05) is 6.61 Å². The van der Waals surface area contributed by atoms with Crippen LogP contribution in [0.25, 0.3) is 0 Å². The first-order chi connectivity index (χ1) is 10.0. The summed E-state index contributed by atoms with van der Waals surface area (Å²) in [6, 6.07) is 0. The summed E-state index contributed by atoms with van der Waals surface area (Å²) in [5, 5.41) is 0.222. The summed E-state index contributed by atoms with van der Waals surface area (Å²) in [6.07, 6.45) is 3.39. The van der Waals surface area contributed by atoms with Gasteiger partial charge < -0.3 is 13.9 Å². The molecule has 0 fully saturated rings. The van der Waals surface area contributed by atoms with E-state index in [9.17, 15) is 4.79 Å². The fourth-order valence-electron chi connectivity index (χ4n) is 1.50. The molecule has 0 amide bonds. The molecule has 0 heterocycles. The summed E-state index contributed by atoms with van der Waals surface area (Å²) in [5.74, 6) is -0.0781. The van der Waals surface area contributed by atoms with Gasteiger partial charge in [-0.2, -0.15) is 0 Å². The predicted molar refractivity (Wildman–Crippen MR) is 93.3 cm³/mol. The van der Waals surface area contributed by atoms with Crippen molar-refractivity contribution >= 4 is 14.3 Å². The van der Waals surface area contributed by atoms with Crippen molar-refractivity contribution in [2.45, 2.75) is 78.6 Å². The smallest absolute Gasteiger partial charge is 0.373 e. The minimum absolute atomic E-state index is 0.0425. The molecule has 0 aliphatic carbocycles. The summed E-state index contributed by atoms with van der Waals surface area (Å²) < 4.78 is 16.6. The minimum atomic E-state index is -1.69. The molecule has 0 saturated heterocycles. The summed E-state index contributed by atoms with van der Waals surface area (Å²) in [7, 11) is -1.69. The number of unbranched alkanes of at least 4 members (excludes halogenated alkanes) is 1. The Balaban J connectivity index is 4.39. The van der Waals surface area contributed by atoms with Crippen LogP contribution in [0.2, 0.25) is 18.1 Å². The van der Waals surface area contributed by atoms with Crippen molar-refractivity contribution in [1.29, 1.82) is 0 Å². The second kappa shape index (κ2) is 9.35. The van der Waals surface area contributed by atoms with Crippen LogP contribution >= 0.6 is 0 Å². The highest BCUT2D eigenvalue weighted by molar-refractivity contribution is 6.74. The molecule has 0 aromatic rings. The third-order valence-corrected chi connectivity index (χ3v) is 8.32. The van der Waals surface area contributed by atoms with Crippen molar-refractivity contribution in [2.24, 2.45) is 0 Å². The Morgan fingerprint density at radius 1 is 1.23 bits per heavy atom. The summed E-state index contributed by atoms with van der Waals surface area (Å²) in [5.41, 5.74) is 0. The van der Waals surface area contributed by atoms with Crippen LogP contribution in [-0.2, 0) is 18.7 Å². The molecule has 0 rings (SSSR count). The number of esters is 1. The maximum Gasteiger partial charge on any atom is 0.373 e. The highest BCUT2D eigenvalue weighted by Crippen LogP contribution is 2.36. The van der Waals surface area contributed by atoms with Crippen molar-refractivity contribution in [3.8, 4) is 0 Å². The van der Waals surface area contributed by atoms with E-state index >= 15 is 0 Å². The number of carbonyl (C=O) groups is 1. The van der Waals surface area contributed by atoms with Crippen LogP contribution in [0.5, 0.6) is 0 Å². The first-order valence-electron chi connectivity index (χ1n) is 8.19. The molecule has 130 valence electrons. The normalized spacial score (nSPS) is 13.4. The van der Waals surface area contributed by atoms with Gasteiger partial charge in [0.25, 0.3) is 0 Å². The van der Waals surface area contributed by atoms with E-state index in [1.54, 1.807) is 6.92 Å². The van der Waals surface area contributed by atoms with E-state index in [4.69, 9.17) is 13.9 Å². The van der Waals surface area contributed by atoms with Crippen molar-refractivity contribution in [3.63, 3.8) is 0 Å². The lowest BCUT2D eigenvalue weighted by molar-refractivity contribution is -0.143. The molecule has 0 spiro atoms. The second-order valence-corrected chi connectivity index (χ2v) is 12.0. The molecule has 0 aliphatic rings. The molecule has 0 aromatic heterocycles. The third kappa shape index (κ3) is 7.99. The SMILES string of the molecule is CCOC(=O)/C(=C\CCCO[Si](C)(C)C(C)(C)C)OC(C)C. The fourth-order valence-corrected chi connectivity index (χ4v) is 2.58. The molecule has 0 aliphatic heterocycles. The van der Waals surface area contributed by atoms with E-state index in [0.29, 0.717) is 19.0 Å². The van der Waals surface area contributed by atoms with Crippen molar-refractivity contribution in [1.82, 2.24) is 0 Å². The van der Waals surface area contributed by atoms with Crippen molar-refractivity contribution < 1.29 is 18.7 Å². The van der Waals surface area contributed by atoms with Gasteiger partial charge in [0.2, 0.25) is 5.76 Å². The Morgan fingerprint density at radius 2 is 1.82 bits per heavy atom. The average Bonchev–Trinajstić information content (AvgIpc) is 2.35. The molecular weight excluding hydrogens is 296 g/mol. The zero-order valence-electron chi connectivity index (χ0n) is 15.6. The van der Waals surface area contributed by atoms with Gasteiger partial charge in [0.1, 0.15) is 0 Å². The van der Waals surface area contributed by atoms with Crippen LogP contribution in [0.4, 0.5) is 0 Å². The highest BCUT2D eigenvalue weighted by Gasteiger charge is 2.36. The molecule has 0 aromatic carbocycles. The van der Waals surface area contributed by atoms with Crippen molar-refractivity contribution in [3.05, 3.63) is 11.8 Å². The van der Waals surface area contributed by atoms with E-state index in [0.717, 1.165) is 12.8 Å². The topological polar surface area (TPSA) is 44.8 Å². The standard InChI is InChI=1S/C17H34O4Si/c1-9-19-16(18)15(21-14(2)3)12-10-11-13-20-22(7,8)17(4,5)6/h12,14H,9-11,13H2,1-8H3/b15-12+. The van der Waals surface area contributed by atoms with Crippen LogP contribution in [0.15, 0.2) is 11.8 Å². The molecule has 22 heavy (non-hydrogen) atoms. The Hall–Kier alpha value is -0.813. The quantitative estimate of drug-likeness (QED) is 0.203. The molecule has 0 radical (unpaired) electrons. The van der Waals surface area contributed by atoms with Crippen LogP contribution in [-0.4, -0.2) is 33.6 Å². The molecule has 0 unspecified atom stereocenters. The Kier molecular flexibility index (Phi) is 9.01. The van der Waals surface area contributed by atoms with E-state index < -0.39 is 8.32 Å². The second-order valence-electron chi connectivity index (χ2n) is 7.21. The van der Waals surface area contributed by atoms with Crippen LogP contribution in [0.3, 0.4) is 0 Å². The molecule has 0 atom stereocenters. The Labute approximate surface area is 137 Å². The van der Waals surface area contributed by atoms with Crippen LogP contribution in [0, 0.1) is 0 Å². The Bertz CT molecular complexity index is 367. The number of hydrogen-bond acceptors (Lipinski definition) is 4. The van der Waals surface area contributed by atoms with Gasteiger partial charge in [0.05, 0.1) is 12.7 Å². The molecule has 0 bridgehead atoms. The van der Waals surface area contributed by atoms with Gasteiger partial charge in [-0.25, -0.2) is 4.79 Å². The summed E-state index contributed by atoms with van der Waals surface area (Å²) in [4.78, 5) is 11.8. The van der Waals surface area contributed by atoms with Crippen LogP contribution < -0.4 is 0 Å². The molecule has 4 nitrogen and oxygen atoms in total. The van der Waals surface area contributed by atoms with E-state index in [1.807, 2.05) is 19.9 Å². The van der Waals surface area contributed by atoms with Gasteiger partial charge in [-0.15, -0.1) is 0 Å². The van der Waals surface area contributed by atoms with Crippen molar-refractivity contribution in [2.75, 3.05) is 13.2 Å². The van der Waals surface area contributed by atoms with Gasteiger partial charge in [-0.1, -0.05) is 20.8 Å². The van der Waals surface area contributed by atoms with Crippen LogP contribution in [0.1, 0.15) is 54.4 Å². The predicted octanol–water partition coefficient (Wildman–Crippen LogP) is 4.66. The summed E-state index contributed by atoms with van der Waals surface area (Å²) in [6.45, 7) is 17.8. The van der Waals surface area contributed by atoms with Gasteiger partial charge in [-0.05, 0) is 57.8 Å². The van der Waals surface area contributed by atoms with E-state index in [1.165, 1.54) is 0 Å². The lowest BCUT2D eigenvalue weighted by atomic mass is 10.2. The Morgan fingerprint density at radius 3 is 2.27 bits per heavy atom. The number of rotatable bonds is 9. The number of ether oxygens (including phenoxy) is 2. The maximum atomic E-state index is 11.8. The zero-order valence-corrected chi connectivity index (χ0v) is 16.6. The molecule has 0 N–H and O–H groups in total. The minimum Gasteiger partial charge on any atom is -0.484 e. The van der Waals surface area contributed by atoms with E-state index in [2.05, 4.69) is 33.9 Å². The first kappa shape index (κ1) is 21.2. The monoisotopic (exact) mass is 330 g/mol. The lowest BCUT2D eigenvalue weighted by Gasteiger charge is -2.36. The largest absolute Gasteiger partial charge is 0.484 e. The first-order valence-corrected chi connectivity index (χ1v) is 11.1. The summed E-state index contributed by atoms with van der Waals surface area (Å²) >= 11 is 0. The molecule has 5 heteroatoms. The van der Waals surface area contributed by atoms with Gasteiger partial charge >= 0.3 is 5.97 Å². The third-order valence-electron chi connectivity index (χ3n) is 3.79. The lowest BCUT2D eigenvalue weighted by Crippen LogP contribution is -2.40. The number of allylic oxidation sites excluding steroid dienone is 1. The molecular formula is C17H34O4Si. The zero-order chi connectivity index (χ0) is 17.4. The maximum absolute atomic E-state index is 11.8. The average molecular weight is 331 g/mol. The molecule has 0 saturated carbocycles. The number of carbonyl (C=O) groups excluding carboxylic acids is 1. The highest BCUT2D eigenvalue weighted by atomic mass is 28.4. The van der Waals surface area contributed by atoms with E-state index in [-0.39, 0.29) is 17.1 Å². The number of hydrogen-bond donors (Lipinski definition) is 0. The van der Waals surface area contributed by atoms with Gasteiger partial charge in [-0.3, -0.25) is 0 Å². The fraction of sp³-hybridized carbons (Fsp3) is 0.824.